The van der Waals surface area contributed by atoms with E-state index < -0.39 is 0 Å². The van der Waals surface area contributed by atoms with Crippen LogP contribution in [0.2, 0.25) is 0 Å². The van der Waals surface area contributed by atoms with Crippen molar-refractivity contribution in [3.8, 4) is 0 Å². The Morgan fingerprint density at radius 1 is 1.59 bits per heavy atom. The van der Waals surface area contributed by atoms with Gasteiger partial charge in [-0.3, -0.25) is 9.89 Å². The van der Waals surface area contributed by atoms with Crippen molar-refractivity contribution in [3.63, 3.8) is 0 Å². The SMILES string of the molecule is CCSCc1cc(C(=O)N[C@@H]2CCO[C@H]2c2ccn[nH]2)no1. The molecule has 0 radical (unpaired) electrons. The van der Waals surface area contributed by atoms with Crippen LogP contribution in [0.3, 0.4) is 0 Å². The number of thioether (sulfide) groups is 1. The average molecular weight is 322 g/mol. The quantitative estimate of drug-likeness (QED) is 0.844. The molecule has 7 nitrogen and oxygen atoms in total. The topological polar surface area (TPSA) is 93.0 Å². The Hall–Kier alpha value is -1.80. The molecule has 0 spiro atoms. The fraction of sp³-hybridized carbons (Fsp3) is 0.500. The highest BCUT2D eigenvalue weighted by Crippen LogP contribution is 2.27. The number of carbonyl (C=O) groups excluding carboxylic acids is 1. The molecule has 1 saturated heterocycles. The summed E-state index contributed by atoms with van der Waals surface area (Å²) in [5.74, 6) is 2.19. The molecule has 2 atom stereocenters. The van der Waals surface area contributed by atoms with Crippen LogP contribution >= 0.6 is 11.8 Å². The number of carbonyl (C=O) groups is 1. The largest absolute Gasteiger partial charge is 0.370 e. The molecule has 3 rings (SSSR count). The van der Waals surface area contributed by atoms with Crippen LogP contribution in [-0.2, 0) is 10.5 Å². The molecule has 1 amide bonds. The number of rotatable bonds is 6. The van der Waals surface area contributed by atoms with Gasteiger partial charge in [0.2, 0.25) is 0 Å². The highest BCUT2D eigenvalue weighted by molar-refractivity contribution is 7.98. The van der Waals surface area contributed by atoms with Crippen LogP contribution in [0.4, 0.5) is 0 Å². The molecule has 0 bridgehead atoms. The number of hydrogen-bond donors (Lipinski definition) is 2. The van der Waals surface area contributed by atoms with Crippen molar-refractivity contribution in [1.82, 2.24) is 20.7 Å². The summed E-state index contributed by atoms with van der Waals surface area (Å²) in [7, 11) is 0. The Morgan fingerprint density at radius 3 is 3.27 bits per heavy atom. The standard InChI is InChI=1S/C14H18N4O3S/c1-2-22-8-9-7-12(18-21-9)14(19)16-10-4-6-20-13(10)11-3-5-15-17-11/h3,5,7,10,13H,2,4,6,8H2,1H3,(H,15,17)(H,16,19)/t10-,13-/m1/s1. The van der Waals surface area contributed by atoms with Gasteiger partial charge in [0.1, 0.15) is 11.9 Å². The molecule has 1 fully saturated rings. The zero-order valence-corrected chi connectivity index (χ0v) is 13.1. The van der Waals surface area contributed by atoms with Crippen molar-refractivity contribution in [3.05, 3.63) is 35.5 Å². The smallest absolute Gasteiger partial charge is 0.273 e. The second-order valence-electron chi connectivity index (χ2n) is 4.99. The Morgan fingerprint density at radius 2 is 2.50 bits per heavy atom. The number of ether oxygens (including phenoxy) is 1. The molecule has 118 valence electrons. The number of amides is 1. The number of aromatic amines is 1. The van der Waals surface area contributed by atoms with Gasteiger partial charge in [-0.2, -0.15) is 16.9 Å². The van der Waals surface area contributed by atoms with Gasteiger partial charge in [-0.15, -0.1) is 0 Å². The molecule has 2 N–H and O–H groups in total. The van der Waals surface area contributed by atoms with E-state index in [-0.39, 0.29) is 18.1 Å². The van der Waals surface area contributed by atoms with Gasteiger partial charge < -0.3 is 14.6 Å². The van der Waals surface area contributed by atoms with Crippen LogP contribution in [0.25, 0.3) is 0 Å². The Balaban J connectivity index is 1.62. The summed E-state index contributed by atoms with van der Waals surface area (Å²) in [5.41, 5.74) is 1.17. The molecule has 3 heterocycles. The maximum absolute atomic E-state index is 12.3. The lowest BCUT2D eigenvalue weighted by Gasteiger charge is -2.17. The third kappa shape index (κ3) is 3.33. The van der Waals surface area contributed by atoms with Crippen molar-refractivity contribution in [2.24, 2.45) is 0 Å². The van der Waals surface area contributed by atoms with Gasteiger partial charge >= 0.3 is 0 Å². The van der Waals surface area contributed by atoms with Gasteiger partial charge in [0.15, 0.2) is 5.69 Å². The molecule has 2 aromatic heterocycles. The fourth-order valence-corrected chi connectivity index (χ4v) is 2.94. The molecule has 0 aliphatic carbocycles. The maximum atomic E-state index is 12.3. The third-order valence-corrected chi connectivity index (χ3v) is 4.37. The molecule has 0 saturated carbocycles. The summed E-state index contributed by atoms with van der Waals surface area (Å²) >= 11 is 1.72. The summed E-state index contributed by atoms with van der Waals surface area (Å²) < 4.78 is 10.8. The summed E-state index contributed by atoms with van der Waals surface area (Å²) in [6.45, 7) is 2.68. The molecule has 0 aromatic carbocycles. The van der Waals surface area contributed by atoms with Crippen molar-refractivity contribution in [2.45, 2.75) is 31.2 Å². The molecule has 1 aliphatic heterocycles. The normalized spacial score (nSPS) is 21.1. The molecule has 8 heteroatoms. The second kappa shape index (κ2) is 6.97. The first-order valence-corrected chi connectivity index (χ1v) is 8.38. The predicted molar refractivity (Wildman–Crippen MR) is 81.5 cm³/mol. The average Bonchev–Trinajstić information content (AvgIpc) is 3.25. The van der Waals surface area contributed by atoms with E-state index >= 15 is 0 Å². The van der Waals surface area contributed by atoms with Crippen LogP contribution < -0.4 is 5.32 Å². The lowest BCUT2D eigenvalue weighted by molar-refractivity contribution is 0.0801. The van der Waals surface area contributed by atoms with E-state index in [2.05, 4.69) is 27.6 Å². The fourth-order valence-electron chi connectivity index (χ4n) is 2.40. The van der Waals surface area contributed by atoms with Gasteiger partial charge in [0.25, 0.3) is 5.91 Å². The van der Waals surface area contributed by atoms with E-state index in [1.165, 1.54) is 0 Å². The first-order valence-electron chi connectivity index (χ1n) is 7.23. The Kier molecular flexibility index (Phi) is 4.79. The minimum atomic E-state index is -0.239. The first kappa shape index (κ1) is 15.1. The van der Waals surface area contributed by atoms with Gasteiger partial charge in [-0.25, -0.2) is 0 Å². The molecule has 0 unspecified atom stereocenters. The van der Waals surface area contributed by atoms with E-state index in [1.807, 2.05) is 6.07 Å². The molecular weight excluding hydrogens is 304 g/mol. The second-order valence-corrected chi connectivity index (χ2v) is 6.26. The monoisotopic (exact) mass is 322 g/mol. The van der Waals surface area contributed by atoms with E-state index in [1.54, 1.807) is 24.0 Å². The number of nitrogens with zero attached hydrogens (tertiary/aromatic N) is 2. The number of aromatic nitrogens is 3. The first-order chi connectivity index (χ1) is 10.8. The van der Waals surface area contributed by atoms with Crippen LogP contribution in [0.5, 0.6) is 0 Å². The zero-order valence-electron chi connectivity index (χ0n) is 12.2. The van der Waals surface area contributed by atoms with Gasteiger partial charge in [0, 0.05) is 18.9 Å². The minimum absolute atomic E-state index is 0.0990. The van der Waals surface area contributed by atoms with Crippen LogP contribution in [0, 0.1) is 0 Å². The lowest BCUT2D eigenvalue weighted by atomic mass is 10.1. The third-order valence-electron chi connectivity index (χ3n) is 3.48. The van der Waals surface area contributed by atoms with Crippen LogP contribution in [0.15, 0.2) is 22.9 Å². The zero-order chi connectivity index (χ0) is 15.4. The number of H-pyrrole nitrogens is 1. The summed E-state index contributed by atoms with van der Waals surface area (Å²) in [5, 5.41) is 13.6. The van der Waals surface area contributed by atoms with Crippen molar-refractivity contribution in [2.75, 3.05) is 12.4 Å². The van der Waals surface area contributed by atoms with E-state index in [4.69, 9.17) is 9.26 Å². The van der Waals surface area contributed by atoms with Crippen molar-refractivity contribution < 1.29 is 14.1 Å². The van der Waals surface area contributed by atoms with Crippen LogP contribution in [-0.4, -0.2) is 39.7 Å². The Labute approximate surface area is 132 Å². The van der Waals surface area contributed by atoms with Crippen molar-refractivity contribution in [1.29, 1.82) is 0 Å². The highest BCUT2D eigenvalue weighted by atomic mass is 32.2. The molecular formula is C14H18N4O3S. The van der Waals surface area contributed by atoms with E-state index in [0.717, 1.165) is 23.6 Å². The molecule has 2 aromatic rings. The minimum Gasteiger partial charge on any atom is -0.370 e. The highest BCUT2D eigenvalue weighted by Gasteiger charge is 2.32. The summed E-state index contributed by atoms with van der Waals surface area (Å²) in [4.78, 5) is 12.3. The van der Waals surface area contributed by atoms with E-state index in [9.17, 15) is 4.79 Å². The molecule has 22 heavy (non-hydrogen) atoms. The van der Waals surface area contributed by atoms with Crippen molar-refractivity contribution >= 4 is 17.7 Å². The summed E-state index contributed by atoms with van der Waals surface area (Å²) in [6.07, 6.45) is 2.23. The van der Waals surface area contributed by atoms with Gasteiger partial charge in [-0.1, -0.05) is 12.1 Å². The predicted octanol–water partition coefficient (Wildman–Crippen LogP) is 1.91. The molecule has 1 aliphatic rings. The van der Waals surface area contributed by atoms with Gasteiger partial charge in [-0.05, 0) is 18.2 Å². The Bertz CT molecular complexity index is 613. The number of nitrogens with one attached hydrogen (secondary N) is 2. The van der Waals surface area contributed by atoms with E-state index in [0.29, 0.717) is 18.1 Å². The van der Waals surface area contributed by atoms with Crippen LogP contribution in [0.1, 0.15) is 41.4 Å². The summed E-state index contributed by atoms with van der Waals surface area (Å²) in [6, 6.07) is 3.45. The lowest BCUT2D eigenvalue weighted by Crippen LogP contribution is -2.37. The van der Waals surface area contributed by atoms with Gasteiger partial charge in [0.05, 0.1) is 17.5 Å². The number of hydrogen-bond acceptors (Lipinski definition) is 6. The maximum Gasteiger partial charge on any atom is 0.273 e.